The van der Waals surface area contributed by atoms with Crippen LogP contribution in [0.3, 0.4) is 0 Å². The quantitative estimate of drug-likeness (QED) is 0.704. The van der Waals surface area contributed by atoms with E-state index in [0.717, 1.165) is 0 Å². The smallest absolute Gasteiger partial charge is 0.260 e. The van der Waals surface area contributed by atoms with E-state index in [9.17, 15) is 10.2 Å². The predicted molar refractivity (Wildman–Crippen MR) is 71.8 cm³/mol. The summed E-state index contributed by atoms with van der Waals surface area (Å²) in [7, 11) is 0. The Labute approximate surface area is 124 Å². The molecular formula is C13H15N3O6. The van der Waals surface area contributed by atoms with Crippen molar-refractivity contribution < 1.29 is 28.8 Å². The molecule has 0 radical (unpaired) electrons. The lowest BCUT2D eigenvalue weighted by molar-refractivity contribution is -0.105. The molecule has 0 spiro atoms. The molecule has 0 aromatic carbocycles. The third-order valence-corrected chi connectivity index (χ3v) is 4.26. The molecule has 22 heavy (non-hydrogen) atoms. The van der Waals surface area contributed by atoms with E-state index in [1.165, 1.54) is 6.26 Å². The number of aliphatic hydroxyl groups is 1. The maximum absolute atomic E-state index is 9.80. The lowest BCUT2D eigenvalue weighted by Gasteiger charge is -2.25. The molecule has 118 valence electrons. The van der Waals surface area contributed by atoms with Crippen LogP contribution in [0.2, 0.25) is 0 Å². The summed E-state index contributed by atoms with van der Waals surface area (Å²) in [6, 6.07) is 0. The minimum Gasteiger partial charge on any atom is -0.490 e. The highest BCUT2D eigenvalue weighted by Gasteiger charge is 2.59. The fraction of sp³-hybridized carbons (Fsp3) is 0.538. The van der Waals surface area contributed by atoms with Gasteiger partial charge in [-0.2, -0.15) is 4.98 Å². The van der Waals surface area contributed by atoms with Gasteiger partial charge in [0.2, 0.25) is 11.5 Å². The molecule has 4 atom stereocenters. The topological polar surface area (TPSA) is 133 Å². The maximum atomic E-state index is 9.80. The summed E-state index contributed by atoms with van der Waals surface area (Å²) >= 11 is 0. The van der Waals surface area contributed by atoms with Crippen LogP contribution in [0.15, 0.2) is 10.7 Å². The van der Waals surface area contributed by atoms with Crippen LogP contribution in [0.25, 0.3) is 11.1 Å². The van der Waals surface area contributed by atoms with Gasteiger partial charge in [0.05, 0.1) is 12.9 Å². The number of hydrogen-bond acceptors (Lipinski definition) is 9. The predicted octanol–water partition coefficient (Wildman–Crippen LogP) is 0.0744. The summed E-state index contributed by atoms with van der Waals surface area (Å²) in [5.74, 6) is -0.412. The third-order valence-electron chi connectivity index (χ3n) is 4.26. The number of anilines is 1. The number of aromatic nitrogens is 2. The fourth-order valence-corrected chi connectivity index (χ4v) is 3.21. The monoisotopic (exact) mass is 309 g/mol. The van der Waals surface area contributed by atoms with Gasteiger partial charge < -0.3 is 34.6 Å². The minimum atomic E-state index is -0.792. The number of nitrogens with two attached hydrogens (primary N) is 1. The van der Waals surface area contributed by atoms with Crippen LogP contribution in [-0.2, 0) is 14.2 Å². The van der Waals surface area contributed by atoms with Gasteiger partial charge in [-0.3, -0.25) is 0 Å². The normalized spacial score (nSPS) is 34.4. The summed E-state index contributed by atoms with van der Waals surface area (Å²) in [6.07, 6.45) is -0.0741. The van der Waals surface area contributed by atoms with Gasteiger partial charge in [0.15, 0.2) is 0 Å². The Hall–Kier alpha value is -1.94. The molecule has 0 unspecified atom stereocenters. The first-order valence-electron chi connectivity index (χ1n) is 6.80. The number of rotatable bonds is 2. The second-order valence-corrected chi connectivity index (χ2v) is 5.54. The van der Waals surface area contributed by atoms with Crippen LogP contribution in [-0.4, -0.2) is 51.4 Å². The van der Waals surface area contributed by atoms with Gasteiger partial charge >= 0.3 is 0 Å². The van der Waals surface area contributed by atoms with Crippen LogP contribution in [0, 0.1) is 0 Å². The number of aliphatic hydroxyl groups excluding tert-OH is 1. The van der Waals surface area contributed by atoms with Crippen LogP contribution in [0.5, 0.6) is 5.88 Å². The average Bonchev–Trinajstić information content (AvgIpc) is 3.10. The minimum absolute atomic E-state index is 0.0744. The van der Waals surface area contributed by atoms with Crippen molar-refractivity contribution in [1.29, 1.82) is 0 Å². The standard InChI is InChI=1S/C13H15N3O6/c1-13-9(22-6(2-17)10(13)20-4-21-13)5-3-19-8-7(5)15-12(14)16-11(8)18/h3,6,9-10,17H,2,4H2,1H3,(H3,14,15,16,18)/t6-,9+,10-,13+/m1/s1. The number of ether oxygens (including phenoxy) is 3. The van der Waals surface area contributed by atoms with E-state index >= 15 is 0 Å². The van der Waals surface area contributed by atoms with E-state index < -0.39 is 23.9 Å². The zero-order chi connectivity index (χ0) is 15.5. The van der Waals surface area contributed by atoms with Crippen molar-refractivity contribution in [3.63, 3.8) is 0 Å². The van der Waals surface area contributed by atoms with Gasteiger partial charge in [-0.15, -0.1) is 0 Å². The van der Waals surface area contributed by atoms with E-state index in [2.05, 4.69) is 9.97 Å². The lowest BCUT2D eigenvalue weighted by Crippen LogP contribution is -2.40. The molecule has 2 aromatic heterocycles. The molecule has 0 amide bonds. The summed E-state index contributed by atoms with van der Waals surface area (Å²) in [6.45, 7) is 1.77. The van der Waals surface area contributed by atoms with Crippen molar-refractivity contribution in [3.05, 3.63) is 11.8 Å². The Morgan fingerprint density at radius 2 is 2.27 bits per heavy atom. The van der Waals surface area contributed by atoms with Crippen molar-refractivity contribution in [2.24, 2.45) is 0 Å². The molecule has 2 fully saturated rings. The van der Waals surface area contributed by atoms with Gasteiger partial charge in [-0.1, -0.05) is 0 Å². The van der Waals surface area contributed by atoms with Crippen molar-refractivity contribution >= 4 is 17.0 Å². The first kappa shape index (κ1) is 13.7. The highest BCUT2D eigenvalue weighted by atomic mass is 16.8. The van der Waals surface area contributed by atoms with E-state index in [0.29, 0.717) is 11.1 Å². The molecule has 4 rings (SSSR count). The van der Waals surface area contributed by atoms with Gasteiger partial charge in [-0.05, 0) is 6.92 Å². The molecule has 4 heterocycles. The molecule has 9 nitrogen and oxygen atoms in total. The van der Waals surface area contributed by atoms with Gasteiger partial charge in [0, 0.05) is 5.56 Å². The Bertz CT molecular complexity index is 734. The molecular weight excluding hydrogens is 294 g/mol. The lowest BCUT2D eigenvalue weighted by atomic mass is 9.89. The zero-order valence-corrected chi connectivity index (χ0v) is 11.7. The Morgan fingerprint density at radius 3 is 3.05 bits per heavy atom. The summed E-state index contributed by atoms with van der Waals surface area (Å²) in [4.78, 5) is 7.76. The first-order valence-corrected chi connectivity index (χ1v) is 6.80. The van der Waals surface area contributed by atoms with Crippen molar-refractivity contribution in [2.75, 3.05) is 19.1 Å². The van der Waals surface area contributed by atoms with Crippen molar-refractivity contribution in [1.82, 2.24) is 9.97 Å². The Morgan fingerprint density at radius 1 is 1.45 bits per heavy atom. The fourth-order valence-electron chi connectivity index (χ4n) is 3.21. The van der Waals surface area contributed by atoms with Crippen molar-refractivity contribution in [3.8, 4) is 5.88 Å². The molecule has 2 aliphatic rings. The molecule has 2 saturated heterocycles. The highest BCUT2D eigenvalue weighted by molar-refractivity contribution is 5.82. The molecule has 0 bridgehead atoms. The number of hydrogen-bond donors (Lipinski definition) is 3. The number of furan rings is 1. The Kier molecular flexibility index (Phi) is 2.82. The molecule has 2 aliphatic heterocycles. The molecule has 0 aliphatic carbocycles. The summed E-state index contributed by atoms with van der Waals surface area (Å²) in [5.41, 5.74) is 5.83. The number of nitrogen functional groups attached to an aromatic ring is 1. The summed E-state index contributed by atoms with van der Waals surface area (Å²) < 4.78 is 22.4. The molecule has 9 heteroatoms. The van der Waals surface area contributed by atoms with Crippen LogP contribution < -0.4 is 5.73 Å². The van der Waals surface area contributed by atoms with Crippen LogP contribution in [0.4, 0.5) is 5.95 Å². The number of nitrogens with zero attached hydrogens (tertiary/aromatic N) is 2. The first-order chi connectivity index (χ1) is 10.5. The van der Waals surface area contributed by atoms with Crippen LogP contribution >= 0.6 is 0 Å². The number of fused-ring (bicyclic) bond motifs is 2. The second-order valence-electron chi connectivity index (χ2n) is 5.54. The maximum Gasteiger partial charge on any atom is 0.260 e. The van der Waals surface area contributed by atoms with Gasteiger partial charge in [0.1, 0.15) is 36.2 Å². The van der Waals surface area contributed by atoms with E-state index in [1.807, 2.05) is 6.92 Å². The van der Waals surface area contributed by atoms with Gasteiger partial charge in [0.25, 0.3) is 5.88 Å². The second kappa shape index (κ2) is 4.53. The third kappa shape index (κ3) is 1.67. The van der Waals surface area contributed by atoms with E-state index in [1.54, 1.807) is 0 Å². The van der Waals surface area contributed by atoms with E-state index in [4.69, 9.17) is 24.4 Å². The van der Waals surface area contributed by atoms with Crippen LogP contribution in [0.1, 0.15) is 18.6 Å². The SMILES string of the molecule is C[C@@]12OCO[C@@H]1[C@@H](CO)O[C@H]2c1coc2c(O)nc(N)nc12. The number of aromatic hydroxyl groups is 1. The molecule has 0 saturated carbocycles. The largest absolute Gasteiger partial charge is 0.490 e. The van der Waals surface area contributed by atoms with Gasteiger partial charge in [-0.25, -0.2) is 4.98 Å². The van der Waals surface area contributed by atoms with E-state index in [-0.39, 0.29) is 30.8 Å². The average molecular weight is 309 g/mol. The zero-order valence-electron chi connectivity index (χ0n) is 11.7. The summed E-state index contributed by atoms with van der Waals surface area (Å²) in [5, 5.41) is 19.3. The highest BCUT2D eigenvalue weighted by Crippen LogP contribution is 2.50. The molecule has 4 N–H and O–H groups in total. The van der Waals surface area contributed by atoms with Crippen molar-refractivity contribution in [2.45, 2.75) is 30.8 Å². The Balaban J connectivity index is 1.85. The molecule has 2 aromatic rings.